The number of rotatable bonds is 44. The molecule has 2 aromatic heterocycles. The van der Waals surface area contributed by atoms with E-state index in [-0.39, 0.29) is 35.5 Å². The topological polar surface area (TPSA) is 74.8 Å². The van der Waals surface area contributed by atoms with Crippen molar-refractivity contribution in [3.05, 3.63) is 42.0 Å². The van der Waals surface area contributed by atoms with E-state index in [0.717, 1.165) is 68.3 Å². The minimum Gasteiger partial charge on any atom is -0.274 e. The molecule has 0 radical (unpaired) electrons. The van der Waals surface area contributed by atoms with Crippen LogP contribution in [0.15, 0.2) is 19.7 Å². The van der Waals surface area contributed by atoms with Crippen LogP contribution in [0.4, 0.5) is 0 Å². The largest absolute Gasteiger partial charge is 0.274 e. The van der Waals surface area contributed by atoms with Crippen molar-refractivity contribution in [3.8, 4) is 0 Å². The second-order valence-electron chi connectivity index (χ2n) is 23.5. The van der Waals surface area contributed by atoms with Crippen LogP contribution in [0.1, 0.15) is 326 Å². The molecule has 4 heterocycles. The van der Waals surface area contributed by atoms with E-state index in [1.807, 2.05) is 12.1 Å². The van der Waals surface area contributed by atoms with Crippen molar-refractivity contribution < 1.29 is 19.2 Å². The standard InChI is InChI=1S/C66H100Br2N2O4S2/c1-5-9-13-17-21-25-27-31-35-39-43-49(41-37-33-29-23-19-15-11-7-3)47-69-63(71)55-51-45-53(67)76-62(51)60-58-56(52-46-54(68)75-61(52)59(57(55)58)65(69)73)64(72)70(66(60)74)48-50(42-38-34-30-24-20-16-12-8-4)44-40-36-32-28-26-22-18-14-10-6-2/h45-46,49-50H,5-44,47-48H2,1-4H3. The number of nitrogens with zero attached hydrogens (tertiary/aromatic N) is 2. The van der Waals surface area contributed by atoms with Crippen LogP contribution >= 0.6 is 54.5 Å². The van der Waals surface area contributed by atoms with Crippen LogP contribution in [-0.2, 0) is 0 Å². The predicted molar refractivity (Wildman–Crippen MR) is 335 cm³/mol. The molecule has 4 amide bonds. The van der Waals surface area contributed by atoms with Gasteiger partial charge in [0.1, 0.15) is 0 Å². The number of unbranched alkanes of at least 4 members (excludes halogenated alkanes) is 32. The summed E-state index contributed by atoms with van der Waals surface area (Å²) in [7, 11) is 0. The minimum atomic E-state index is -0.284. The van der Waals surface area contributed by atoms with Crippen molar-refractivity contribution in [2.24, 2.45) is 11.8 Å². The first-order valence-corrected chi connectivity index (χ1v) is 34.9. The number of halogens is 2. The lowest BCUT2D eigenvalue weighted by atomic mass is 9.82. The van der Waals surface area contributed by atoms with Gasteiger partial charge in [0.2, 0.25) is 0 Å². The third kappa shape index (κ3) is 17.9. The van der Waals surface area contributed by atoms with E-state index in [0.29, 0.717) is 56.9 Å². The average molecular weight is 1210 g/mol. The van der Waals surface area contributed by atoms with Gasteiger partial charge in [0.15, 0.2) is 0 Å². The van der Waals surface area contributed by atoms with Gasteiger partial charge in [-0.2, -0.15) is 0 Å². The summed E-state index contributed by atoms with van der Waals surface area (Å²) < 4.78 is 3.12. The number of fused-ring (bicyclic) bond motifs is 6. The van der Waals surface area contributed by atoms with Crippen LogP contribution in [0, 0.1) is 11.8 Å². The molecule has 2 atom stereocenters. The van der Waals surface area contributed by atoms with Crippen LogP contribution < -0.4 is 0 Å². The molecule has 0 fully saturated rings. The Bertz CT molecular complexity index is 2150. The van der Waals surface area contributed by atoms with Crippen molar-refractivity contribution in [1.29, 1.82) is 0 Å². The first kappa shape index (κ1) is 63.0. The van der Waals surface area contributed by atoms with E-state index in [2.05, 4.69) is 59.6 Å². The zero-order chi connectivity index (χ0) is 54.1. The van der Waals surface area contributed by atoms with Gasteiger partial charge in [-0.25, -0.2) is 0 Å². The SMILES string of the molecule is CCCCCCCCCCCCC(CCCCCCCCCC)CN1C(=O)c2c3cc(Br)sc3c3c4c(c5cc(Br)sc5c(c24)C1=O)C(=O)N(CC(CCCCCCCCCC)CCCCCCCCCCCC)C3=O. The Balaban J connectivity index is 1.26. The molecule has 424 valence electrons. The highest BCUT2D eigenvalue weighted by Crippen LogP contribution is 2.51. The molecule has 10 heteroatoms. The highest BCUT2D eigenvalue weighted by Gasteiger charge is 2.45. The van der Waals surface area contributed by atoms with Gasteiger partial charge < -0.3 is 0 Å². The number of hydrogen-bond donors (Lipinski definition) is 0. The fourth-order valence-corrected chi connectivity index (χ4v) is 16.1. The molecule has 6 rings (SSSR count). The van der Waals surface area contributed by atoms with Gasteiger partial charge in [0, 0.05) is 44.0 Å². The summed E-state index contributed by atoms with van der Waals surface area (Å²) in [6.07, 6.45) is 49.5. The molecule has 76 heavy (non-hydrogen) atoms. The fourth-order valence-electron chi connectivity index (χ4n) is 12.8. The van der Waals surface area contributed by atoms with Gasteiger partial charge in [-0.1, -0.05) is 259 Å². The van der Waals surface area contributed by atoms with E-state index in [1.165, 1.54) is 228 Å². The molecule has 2 aliphatic rings. The minimum absolute atomic E-state index is 0.211. The molecule has 2 aliphatic heterocycles. The van der Waals surface area contributed by atoms with E-state index >= 15 is 19.2 Å². The first-order valence-electron chi connectivity index (χ1n) is 31.7. The molecule has 4 aromatic rings. The average Bonchev–Trinajstić information content (AvgIpc) is 4.13. The maximum absolute atomic E-state index is 15.4. The summed E-state index contributed by atoms with van der Waals surface area (Å²) in [6.45, 7) is 9.87. The summed E-state index contributed by atoms with van der Waals surface area (Å²) in [5, 5.41) is 2.43. The summed E-state index contributed by atoms with van der Waals surface area (Å²) in [5.74, 6) is -0.709. The summed E-state index contributed by atoms with van der Waals surface area (Å²) in [5.41, 5.74) is 1.92. The smallest absolute Gasteiger partial charge is 0.262 e. The Hall–Kier alpha value is -2.14. The Labute approximate surface area is 486 Å². The summed E-state index contributed by atoms with van der Waals surface area (Å²) >= 11 is 10.5. The maximum Gasteiger partial charge on any atom is 0.262 e. The van der Waals surface area contributed by atoms with Crippen LogP contribution in [0.25, 0.3) is 30.9 Å². The Kier molecular flexibility index (Phi) is 28.9. The molecule has 6 nitrogen and oxygen atoms in total. The predicted octanol–water partition coefficient (Wildman–Crippen LogP) is 22.9. The molecule has 0 spiro atoms. The quantitative estimate of drug-likeness (QED) is 0.0327. The number of carbonyl (C=O) groups is 4. The lowest BCUT2D eigenvalue weighted by Crippen LogP contribution is -2.46. The highest BCUT2D eigenvalue weighted by atomic mass is 79.9. The van der Waals surface area contributed by atoms with Crippen molar-refractivity contribution in [3.63, 3.8) is 0 Å². The fraction of sp³-hybridized carbons (Fsp3) is 0.727. The lowest BCUT2D eigenvalue weighted by Gasteiger charge is -2.35. The lowest BCUT2D eigenvalue weighted by molar-refractivity contribution is 0.0560. The van der Waals surface area contributed by atoms with E-state index in [1.54, 1.807) is 9.80 Å². The van der Waals surface area contributed by atoms with Gasteiger partial charge in [0.25, 0.3) is 23.6 Å². The zero-order valence-electron chi connectivity index (χ0n) is 48.1. The van der Waals surface area contributed by atoms with Crippen molar-refractivity contribution >= 4 is 109 Å². The van der Waals surface area contributed by atoms with E-state index in [4.69, 9.17) is 0 Å². The number of imide groups is 2. The molecular weight excluding hydrogens is 1110 g/mol. The monoisotopic (exact) mass is 1210 g/mol. The van der Waals surface area contributed by atoms with Crippen LogP contribution in [-0.4, -0.2) is 46.5 Å². The molecule has 0 saturated heterocycles. The van der Waals surface area contributed by atoms with Gasteiger partial charge in [-0.15, -0.1) is 22.7 Å². The number of benzene rings is 2. The molecule has 0 bridgehead atoms. The maximum atomic E-state index is 15.4. The molecule has 0 aliphatic carbocycles. The van der Waals surface area contributed by atoms with E-state index in [9.17, 15) is 0 Å². The molecule has 2 aromatic carbocycles. The second kappa shape index (κ2) is 34.9. The van der Waals surface area contributed by atoms with Gasteiger partial charge >= 0.3 is 0 Å². The Morgan fingerprint density at radius 1 is 0.342 bits per heavy atom. The zero-order valence-corrected chi connectivity index (χ0v) is 52.9. The highest BCUT2D eigenvalue weighted by molar-refractivity contribution is 9.11. The number of carbonyl (C=O) groups excluding carboxylic acids is 4. The first-order chi connectivity index (χ1) is 37.2. The van der Waals surface area contributed by atoms with Crippen LogP contribution in [0.3, 0.4) is 0 Å². The van der Waals surface area contributed by atoms with Crippen molar-refractivity contribution in [2.75, 3.05) is 13.1 Å². The number of thiophene rings is 2. The summed E-state index contributed by atoms with van der Waals surface area (Å²) in [6, 6.07) is 3.97. The third-order valence-electron chi connectivity index (χ3n) is 17.2. The Morgan fingerprint density at radius 2 is 0.566 bits per heavy atom. The van der Waals surface area contributed by atoms with Crippen molar-refractivity contribution in [2.45, 2.75) is 285 Å². The molecular formula is C66H100Br2N2O4S2. The van der Waals surface area contributed by atoms with Crippen molar-refractivity contribution in [1.82, 2.24) is 9.80 Å². The third-order valence-corrected chi connectivity index (χ3v) is 20.5. The van der Waals surface area contributed by atoms with Gasteiger partial charge in [0.05, 0.1) is 29.8 Å². The molecule has 0 N–H and O–H groups in total. The van der Waals surface area contributed by atoms with Crippen LogP contribution in [0.5, 0.6) is 0 Å². The van der Waals surface area contributed by atoms with Gasteiger partial charge in [-0.05, 0) is 81.5 Å². The number of hydrogen-bond acceptors (Lipinski definition) is 6. The molecule has 2 unspecified atom stereocenters. The molecule has 0 saturated carbocycles. The van der Waals surface area contributed by atoms with E-state index < -0.39 is 0 Å². The number of amides is 4. The van der Waals surface area contributed by atoms with Crippen LogP contribution in [0.2, 0.25) is 0 Å². The Morgan fingerprint density at radius 3 is 0.816 bits per heavy atom. The normalized spacial score (nSPS) is 14.5. The summed E-state index contributed by atoms with van der Waals surface area (Å²) in [4.78, 5) is 64.8. The second-order valence-corrected chi connectivity index (χ2v) is 28.3. The van der Waals surface area contributed by atoms with Gasteiger partial charge in [-0.3, -0.25) is 29.0 Å².